The summed E-state index contributed by atoms with van der Waals surface area (Å²) in [5, 5.41) is 10.8. The maximum atomic E-state index is 5.13. The molecule has 0 bridgehead atoms. The molecule has 4 rings (SSSR count). The molecule has 0 amide bonds. The number of aryl methyl sites for hydroxylation is 1. The molecule has 0 atom stereocenters. The molecule has 2 heterocycles. The average molecular weight is 349 g/mol. The van der Waals surface area contributed by atoms with Gasteiger partial charge in [0.1, 0.15) is 17.4 Å². The number of nitrogens with one attached hydrogen (secondary N) is 2. The van der Waals surface area contributed by atoms with E-state index < -0.39 is 0 Å². The molecule has 26 heavy (non-hydrogen) atoms. The number of nitrogens with zero attached hydrogens (tertiary/aromatic N) is 3. The van der Waals surface area contributed by atoms with E-state index in [1.807, 2.05) is 49.4 Å². The van der Waals surface area contributed by atoms with E-state index in [0.29, 0.717) is 23.5 Å². The zero-order valence-corrected chi connectivity index (χ0v) is 14.9. The Morgan fingerprint density at radius 3 is 2.42 bits per heavy atom. The van der Waals surface area contributed by atoms with Crippen LogP contribution in [0.5, 0.6) is 0 Å². The van der Waals surface area contributed by atoms with Crippen molar-refractivity contribution in [3.63, 3.8) is 0 Å². The summed E-state index contributed by atoms with van der Waals surface area (Å²) in [6, 6.07) is 14.3. The largest absolute Gasteiger partial charge is 0.367 e. The Hall–Kier alpha value is -2.89. The fraction of sp³-hybridized carbons (Fsp3) is 0.350. The van der Waals surface area contributed by atoms with Crippen LogP contribution in [-0.4, -0.2) is 21.2 Å². The molecule has 1 aliphatic carbocycles. The summed E-state index contributed by atoms with van der Waals surface area (Å²) in [4.78, 5) is 9.40. The lowest BCUT2D eigenvalue weighted by molar-refractivity contribution is 0.400. The molecular weight excluding hydrogens is 326 g/mol. The van der Waals surface area contributed by atoms with Gasteiger partial charge < -0.3 is 15.2 Å². The second-order valence-corrected chi connectivity index (χ2v) is 6.76. The summed E-state index contributed by atoms with van der Waals surface area (Å²) >= 11 is 0. The normalized spacial score (nSPS) is 15.0. The monoisotopic (exact) mass is 349 g/mol. The molecular formula is C20H23N5O. The molecule has 2 N–H and O–H groups in total. The van der Waals surface area contributed by atoms with Crippen LogP contribution in [0, 0.1) is 6.92 Å². The number of anilines is 3. The molecule has 0 saturated heterocycles. The number of rotatable bonds is 5. The van der Waals surface area contributed by atoms with Crippen molar-refractivity contribution in [1.29, 1.82) is 0 Å². The van der Waals surface area contributed by atoms with Crippen molar-refractivity contribution in [3.05, 3.63) is 48.2 Å². The van der Waals surface area contributed by atoms with Crippen molar-refractivity contribution in [2.45, 2.75) is 45.1 Å². The van der Waals surface area contributed by atoms with E-state index in [1.54, 1.807) is 0 Å². The fourth-order valence-corrected chi connectivity index (χ4v) is 3.31. The minimum absolute atomic E-state index is 0.476. The van der Waals surface area contributed by atoms with Crippen LogP contribution < -0.4 is 10.6 Å². The van der Waals surface area contributed by atoms with Gasteiger partial charge in [-0.3, -0.25) is 0 Å². The van der Waals surface area contributed by atoms with Crippen LogP contribution in [0.3, 0.4) is 0 Å². The second-order valence-electron chi connectivity index (χ2n) is 6.76. The molecule has 0 radical (unpaired) electrons. The van der Waals surface area contributed by atoms with E-state index in [2.05, 4.69) is 20.8 Å². The highest BCUT2D eigenvalue weighted by Crippen LogP contribution is 2.25. The smallest absolute Gasteiger partial charge is 0.175 e. The van der Waals surface area contributed by atoms with Crippen LogP contribution in [0.15, 0.2) is 47.0 Å². The van der Waals surface area contributed by atoms with Crippen molar-refractivity contribution in [2.75, 3.05) is 10.6 Å². The SMILES string of the molecule is Cc1cc(Nc2cc(NC3CCCCC3)nc(-c3ccccc3)n2)no1. The van der Waals surface area contributed by atoms with E-state index in [-0.39, 0.29) is 0 Å². The van der Waals surface area contributed by atoms with Gasteiger partial charge in [-0.05, 0) is 19.8 Å². The molecule has 6 heteroatoms. The average Bonchev–Trinajstić information content (AvgIpc) is 3.08. The highest BCUT2D eigenvalue weighted by Gasteiger charge is 2.15. The van der Waals surface area contributed by atoms with Gasteiger partial charge in [0, 0.05) is 23.7 Å². The second kappa shape index (κ2) is 7.56. The Labute approximate surface area is 153 Å². The molecule has 2 aromatic heterocycles. The third-order valence-corrected chi connectivity index (χ3v) is 4.60. The minimum atomic E-state index is 0.476. The third kappa shape index (κ3) is 4.02. The van der Waals surface area contributed by atoms with Crippen molar-refractivity contribution in [2.24, 2.45) is 0 Å². The quantitative estimate of drug-likeness (QED) is 0.680. The summed E-state index contributed by atoms with van der Waals surface area (Å²) in [6.45, 7) is 1.86. The fourth-order valence-electron chi connectivity index (χ4n) is 3.31. The molecule has 1 aromatic carbocycles. The van der Waals surface area contributed by atoms with Gasteiger partial charge in [0.25, 0.3) is 0 Å². The molecule has 0 spiro atoms. The zero-order valence-electron chi connectivity index (χ0n) is 14.9. The maximum Gasteiger partial charge on any atom is 0.175 e. The predicted molar refractivity (Wildman–Crippen MR) is 102 cm³/mol. The molecule has 6 nitrogen and oxygen atoms in total. The van der Waals surface area contributed by atoms with E-state index in [9.17, 15) is 0 Å². The molecule has 1 fully saturated rings. The summed E-state index contributed by atoms with van der Waals surface area (Å²) in [7, 11) is 0. The first-order valence-electron chi connectivity index (χ1n) is 9.18. The predicted octanol–water partition coefficient (Wildman–Crippen LogP) is 4.93. The highest BCUT2D eigenvalue weighted by molar-refractivity contribution is 5.64. The van der Waals surface area contributed by atoms with Crippen molar-refractivity contribution < 1.29 is 4.52 Å². The molecule has 1 saturated carbocycles. The number of benzene rings is 1. The van der Waals surface area contributed by atoms with Gasteiger partial charge in [0.2, 0.25) is 0 Å². The van der Waals surface area contributed by atoms with Crippen LogP contribution in [0.1, 0.15) is 37.9 Å². The highest BCUT2D eigenvalue weighted by atomic mass is 16.5. The first-order valence-corrected chi connectivity index (χ1v) is 9.18. The topological polar surface area (TPSA) is 75.9 Å². The van der Waals surface area contributed by atoms with Gasteiger partial charge >= 0.3 is 0 Å². The lowest BCUT2D eigenvalue weighted by Gasteiger charge is -2.23. The number of aromatic nitrogens is 3. The summed E-state index contributed by atoms with van der Waals surface area (Å²) in [5.41, 5.74) is 0.985. The van der Waals surface area contributed by atoms with Crippen molar-refractivity contribution in [3.8, 4) is 11.4 Å². The van der Waals surface area contributed by atoms with Crippen LogP contribution in [0.4, 0.5) is 17.5 Å². The van der Waals surface area contributed by atoms with Crippen LogP contribution in [-0.2, 0) is 0 Å². The lowest BCUT2D eigenvalue weighted by atomic mass is 9.95. The van der Waals surface area contributed by atoms with Crippen LogP contribution in [0.25, 0.3) is 11.4 Å². The number of hydrogen-bond acceptors (Lipinski definition) is 6. The third-order valence-electron chi connectivity index (χ3n) is 4.60. The molecule has 1 aliphatic rings. The van der Waals surface area contributed by atoms with Crippen molar-refractivity contribution >= 4 is 17.5 Å². The standard InChI is InChI=1S/C20H23N5O/c1-14-12-19(25-26-14)22-18-13-17(21-16-10-6-3-7-11-16)23-20(24-18)15-8-4-2-5-9-15/h2,4-5,8-9,12-13,16H,3,6-7,10-11H2,1H3,(H2,21,22,23,24,25). The zero-order chi connectivity index (χ0) is 17.8. The summed E-state index contributed by atoms with van der Waals surface area (Å²) < 4.78 is 5.13. The van der Waals surface area contributed by atoms with Gasteiger partial charge in [-0.2, -0.15) is 0 Å². The lowest BCUT2D eigenvalue weighted by Crippen LogP contribution is -2.23. The maximum absolute atomic E-state index is 5.13. The Morgan fingerprint density at radius 1 is 0.923 bits per heavy atom. The van der Waals surface area contributed by atoms with Gasteiger partial charge in [0.15, 0.2) is 11.6 Å². The van der Waals surface area contributed by atoms with Gasteiger partial charge in [0.05, 0.1) is 0 Å². The first-order chi connectivity index (χ1) is 12.8. The van der Waals surface area contributed by atoms with Gasteiger partial charge in [-0.1, -0.05) is 54.8 Å². The van der Waals surface area contributed by atoms with E-state index in [1.165, 1.54) is 32.1 Å². The Kier molecular flexibility index (Phi) is 4.82. The number of hydrogen-bond donors (Lipinski definition) is 2. The summed E-state index contributed by atoms with van der Waals surface area (Å²) in [5.74, 6) is 3.63. The Balaban J connectivity index is 1.64. The molecule has 0 aliphatic heterocycles. The van der Waals surface area contributed by atoms with Crippen LogP contribution >= 0.6 is 0 Å². The van der Waals surface area contributed by atoms with Gasteiger partial charge in [-0.15, -0.1) is 0 Å². The molecule has 0 unspecified atom stereocenters. The van der Waals surface area contributed by atoms with E-state index in [0.717, 1.165) is 17.1 Å². The summed E-state index contributed by atoms with van der Waals surface area (Å²) in [6.07, 6.45) is 6.26. The molecule has 134 valence electrons. The van der Waals surface area contributed by atoms with E-state index >= 15 is 0 Å². The Morgan fingerprint density at radius 2 is 1.69 bits per heavy atom. The molecule has 3 aromatic rings. The van der Waals surface area contributed by atoms with Gasteiger partial charge in [-0.25, -0.2) is 9.97 Å². The van der Waals surface area contributed by atoms with Crippen molar-refractivity contribution in [1.82, 2.24) is 15.1 Å². The first kappa shape index (κ1) is 16.6. The Bertz CT molecular complexity index is 856. The van der Waals surface area contributed by atoms with Crippen LogP contribution in [0.2, 0.25) is 0 Å². The minimum Gasteiger partial charge on any atom is -0.367 e. The van der Waals surface area contributed by atoms with E-state index in [4.69, 9.17) is 9.51 Å².